The molecule has 0 unspecified atom stereocenters. The van der Waals surface area contributed by atoms with Crippen LogP contribution < -0.4 is 10.6 Å². The van der Waals surface area contributed by atoms with Crippen molar-refractivity contribution >= 4 is 17.3 Å². The number of para-hydroxylation sites is 1. The van der Waals surface area contributed by atoms with Gasteiger partial charge in [0.25, 0.3) is 0 Å². The Balaban J connectivity index is 2.46. The van der Waals surface area contributed by atoms with Crippen LogP contribution in [-0.2, 0) is 0 Å². The van der Waals surface area contributed by atoms with Crippen molar-refractivity contribution in [3.8, 4) is 0 Å². The van der Waals surface area contributed by atoms with Crippen LogP contribution in [0.5, 0.6) is 0 Å². The molecule has 0 fully saturated rings. The minimum atomic E-state index is 0.0399. The first-order valence-corrected chi connectivity index (χ1v) is 5.56. The fourth-order valence-electron chi connectivity index (χ4n) is 1.73. The molecule has 0 saturated carbocycles. The standard InChI is InChI=1S/C13H15N5/c1-9-7-12(17-16-8-9)18(2)11-6-4-3-5-10(11)13(14)15/h3-8H,1-2H3,(H3,14,15). The summed E-state index contributed by atoms with van der Waals surface area (Å²) < 4.78 is 0. The monoisotopic (exact) mass is 241 g/mol. The van der Waals surface area contributed by atoms with E-state index in [0.29, 0.717) is 5.56 Å². The molecule has 0 aliphatic heterocycles. The lowest BCUT2D eigenvalue weighted by molar-refractivity contribution is 0.974. The van der Waals surface area contributed by atoms with Gasteiger partial charge in [0.15, 0.2) is 5.82 Å². The molecular weight excluding hydrogens is 226 g/mol. The Kier molecular flexibility index (Phi) is 3.23. The maximum absolute atomic E-state index is 7.59. The molecule has 5 nitrogen and oxygen atoms in total. The van der Waals surface area contributed by atoms with Crippen molar-refractivity contribution in [3.63, 3.8) is 0 Å². The second-order valence-electron chi connectivity index (χ2n) is 4.08. The summed E-state index contributed by atoms with van der Waals surface area (Å²) in [6.45, 7) is 1.96. The minimum Gasteiger partial charge on any atom is -0.384 e. The van der Waals surface area contributed by atoms with Gasteiger partial charge in [0.05, 0.1) is 11.9 Å². The number of hydrogen-bond acceptors (Lipinski definition) is 4. The van der Waals surface area contributed by atoms with Gasteiger partial charge in [-0.1, -0.05) is 12.1 Å². The number of rotatable bonds is 3. The molecule has 1 heterocycles. The Morgan fingerprint density at radius 3 is 2.72 bits per heavy atom. The van der Waals surface area contributed by atoms with E-state index in [1.165, 1.54) is 0 Å². The van der Waals surface area contributed by atoms with Crippen LogP contribution in [0.15, 0.2) is 36.5 Å². The lowest BCUT2D eigenvalue weighted by Gasteiger charge is -2.20. The molecule has 0 amide bonds. The van der Waals surface area contributed by atoms with Crippen molar-refractivity contribution in [1.29, 1.82) is 5.41 Å². The molecule has 5 heteroatoms. The number of aromatic nitrogens is 2. The summed E-state index contributed by atoms with van der Waals surface area (Å²) in [6.07, 6.45) is 1.70. The molecule has 0 bridgehead atoms. The number of nitrogen functional groups attached to an aromatic ring is 1. The lowest BCUT2D eigenvalue weighted by Crippen LogP contribution is -2.19. The average Bonchev–Trinajstić information content (AvgIpc) is 2.38. The molecule has 3 N–H and O–H groups in total. The quantitative estimate of drug-likeness (QED) is 0.634. The Morgan fingerprint density at radius 2 is 2.06 bits per heavy atom. The highest BCUT2D eigenvalue weighted by molar-refractivity contribution is 6.01. The zero-order valence-electron chi connectivity index (χ0n) is 10.4. The summed E-state index contributed by atoms with van der Waals surface area (Å²) in [5, 5.41) is 15.6. The van der Waals surface area contributed by atoms with Gasteiger partial charge in [-0.2, -0.15) is 5.10 Å². The molecule has 0 saturated heterocycles. The van der Waals surface area contributed by atoms with Gasteiger partial charge in [0.1, 0.15) is 5.84 Å². The Bertz CT molecular complexity index is 579. The van der Waals surface area contributed by atoms with E-state index in [1.54, 1.807) is 6.20 Å². The number of amidine groups is 1. The number of aryl methyl sites for hydroxylation is 1. The molecule has 2 aromatic rings. The molecule has 0 spiro atoms. The highest BCUT2D eigenvalue weighted by Crippen LogP contribution is 2.25. The smallest absolute Gasteiger partial charge is 0.155 e. The third-order valence-corrected chi connectivity index (χ3v) is 2.68. The number of nitrogens with one attached hydrogen (secondary N) is 1. The van der Waals surface area contributed by atoms with Crippen LogP contribution in [0.3, 0.4) is 0 Å². The fraction of sp³-hybridized carbons (Fsp3) is 0.154. The summed E-state index contributed by atoms with van der Waals surface area (Å²) in [5.41, 5.74) is 8.14. The van der Waals surface area contributed by atoms with Gasteiger partial charge in [0, 0.05) is 12.6 Å². The normalized spacial score (nSPS) is 10.1. The second kappa shape index (κ2) is 4.83. The molecule has 2 rings (SSSR count). The Morgan fingerprint density at radius 1 is 1.33 bits per heavy atom. The van der Waals surface area contributed by atoms with Crippen molar-refractivity contribution in [3.05, 3.63) is 47.7 Å². The summed E-state index contributed by atoms with van der Waals surface area (Å²) in [5.74, 6) is 0.766. The molecule has 0 atom stereocenters. The van der Waals surface area contributed by atoms with Crippen molar-refractivity contribution < 1.29 is 0 Å². The second-order valence-corrected chi connectivity index (χ2v) is 4.08. The molecule has 0 radical (unpaired) electrons. The number of nitrogens with zero attached hydrogens (tertiary/aromatic N) is 3. The average molecular weight is 241 g/mol. The fourth-order valence-corrected chi connectivity index (χ4v) is 1.73. The van der Waals surface area contributed by atoms with Gasteiger partial charge < -0.3 is 10.6 Å². The first-order valence-electron chi connectivity index (χ1n) is 5.56. The maximum Gasteiger partial charge on any atom is 0.155 e. The van der Waals surface area contributed by atoms with Crippen LogP contribution in [0.2, 0.25) is 0 Å². The zero-order chi connectivity index (χ0) is 13.1. The van der Waals surface area contributed by atoms with E-state index in [9.17, 15) is 0 Å². The topological polar surface area (TPSA) is 78.9 Å². The summed E-state index contributed by atoms with van der Waals surface area (Å²) in [6, 6.07) is 9.42. The molecule has 1 aromatic carbocycles. The van der Waals surface area contributed by atoms with Gasteiger partial charge >= 0.3 is 0 Å². The maximum atomic E-state index is 7.59. The van der Waals surface area contributed by atoms with Gasteiger partial charge in [-0.05, 0) is 30.7 Å². The summed E-state index contributed by atoms with van der Waals surface area (Å²) in [7, 11) is 1.88. The summed E-state index contributed by atoms with van der Waals surface area (Å²) in [4.78, 5) is 1.87. The molecule has 92 valence electrons. The van der Waals surface area contributed by atoms with Crippen LogP contribution in [0.1, 0.15) is 11.1 Å². The lowest BCUT2D eigenvalue weighted by atomic mass is 10.1. The third-order valence-electron chi connectivity index (χ3n) is 2.68. The predicted molar refractivity (Wildman–Crippen MR) is 72.3 cm³/mol. The van der Waals surface area contributed by atoms with E-state index >= 15 is 0 Å². The number of benzene rings is 1. The highest BCUT2D eigenvalue weighted by atomic mass is 15.2. The van der Waals surface area contributed by atoms with E-state index in [0.717, 1.165) is 17.1 Å². The van der Waals surface area contributed by atoms with E-state index in [-0.39, 0.29) is 5.84 Å². The van der Waals surface area contributed by atoms with Crippen LogP contribution in [0.25, 0.3) is 0 Å². The molecule has 0 aliphatic rings. The number of nitrogens with two attached hydrogens (primary N) is 1. The summed E-state index contributed by atoms with van der Waals surface area (Å²) >= 11 is 0. The van der Waals surface area contributed by atoms with Crippen LogP contribution in [-0.4, -0.2) is 23.1 Å². The van der Waals surface area contributed by atoms with Crippen molar-refractivity contribution in [1.82, 2.24) is 10.2 Å². The Labute approximate surface area is 106 Å². The van der Waals surface area contributed by atoms with Crippen LogP contribution >= 0.6 is 0 Å². The number of hydrogen-bond donors (Lipinski definition) is 2. The van der Waals surface area contributed by atoms with E-state index in [1.807, 2.05) is 49.2 Å². The largest absolute Gasteiger partial charge is 0.384 e. The van der Waals surface area contributed by atoms with E-state index in [2.05, 4.69) is 10.2 Å². The molecular formula is C13H15N5. The SMILES string of the molecule is Cc1cnnc(N(C)c2ccccc2C(=N)N)c1. The third kappa shape index (κ3) is 2.29. The van der Waals surface area contributed by atoms with Crippen molar-refractivity contribution in [2.75, 3.05) is 11.9 Å². The van der Waals surface area contributed by atoms with E-state index < -0.39 is 0 Å². The van der Waals surface area contributed by atoms with Gasteiger partial charge in [-0.25, -0.2) is 0 Å². The minimum absolute atomic E-state index is 0.0399. The first kappa shape index (κ1) is 12.0. The van der Waals surface area contributed by atoms with Gasteiger partial charge in [-0.3, -0.25) is 5.41 Å². The Hall–Kier alpha value is -2.43. The molecule has 18 heavy (non-hydrogen) atoms. The predicted octanol–water partition coefficient (Wildman–Crippen LogP) is 1.84. The molecule has 0 aliphatic carbocycles. The van der Waals surface area contributed by atoms with Gasteiger partial charge in [-0.15, -0.1) is 5.10 Å². The highest BCUT2D eigenvalue weighted by Gasteiger charge is 2.11. The van der Waals surface area contributed by atoms with Crippen LogP contribution in [0, 0.1) is 12.3 Å². The van der Waals surface area contributed by atoms with Crippen molar-refractivity contribution in [2.45, 2.75) is 6.92 Å². The van der Waals surface area contributed by atoms with Gasteiger partial charge in [0.2, 0.25) is 0 Å². The van der Waals surface area contributed by atoms with Crippen molar-refractivity contribution in [2.24, 2.45) is 5.73 Å². The molecule has 1 aromatic heterocycles. The zero-order valence-corrected chi connectivity index (χ0v) is 10.4. The van der Waals surface area contributed by atoms with E-state index in [4.69, 9.17) is 11.1 Å². The van der Waals surface area contributed by atoms with Crippen LogP contribution in [0.4, 0.5) is 11.5 Å². The first-order chi connectivity index (χ1) is 8.59. The number of anilines is 2.